The van der Waals surface area contributed by atoms with Gasteiger partial charge in [0, 0.05) is 30.8 Å². The summed E-state index contributed by atoms with van der Waals surface area (Å²) in [5.74, 6) is -3.16. The van der Waals surface area contributed by atoms with E-state index in [1.807, 2.05) is 0 Å². The van der Waals surface area contributed by atoms with Crippen LogP contribution in [0.2, 0.25) is 0 Å². The Balaban J connectivity index is 1.92. The van der Waals surface area contributed by atoms with Crippen molar-refractivity contribution in [2.45, 2.75) is 6.42 Å². The highest BCUT2D eigenvalue weighted by atomic mass is 16.5. The van der Waals surface area contributed by atoms with Gasteiger partial charge in [0.15, 0.2) is 0 Å². The van der Waals surface area contributed by atoms with Crippen molar-refractivity contribution in [3.8, 4) is 16.9 Å². The quantitative estimate of drug-likeness (QED) is 0.462. The number of pyridine rings is 1. The number of nitrogens with one attached hydrogen (secondary N) is 1. The minimum Gasteiger partial charge on any atom is -0.493 e. The molecule has 0 saturated carbocycles. The number of carboxylic acid groups (broad SMARTS) is 2. The molecule has 2 aromatic rings. The smallest absolute Gasteiger partial charge is 0.342 e. The number of aromatic amines is 1. The standard InChI is InChI=1S/C20H23N3O7/c21-17-15(19(25)26)14(16(20(27)28)18(24)22-17)12-4-1-2-5-13(12)30-9-3-6-23-7-10-29-11-8-23/h1-2,4-5H,3,6-11H2,(H,25,26)(H,27,28)(H3,21,22,24). The molecule has 30 heavy (non-hydrogen) atoms. The fourth-order valence-electron chi connectivity index (χ4n) is 3.41. The number of aromatic carboxylic acids is 2. The van der Waals surface area contributed by atoms with Gasteiger partial charge in [0.2, 0.25) is 0 Å². The number of para-hydroxylation sites is 1. The van der Waals surface area contributed by atoms with E-state index in [2.05, 4.69) is 9.88 Å². The molecule has 0 amide bonds. The summed E-state index contributed by atoms with van der Waals surface area (Å²) in [5.41, 5.74) is 3.42. The maximum absolute atomic E-state index is 12.2. The van der Waals surface area contributed by atoms with Crippen molar-refractivity contribution >= 4 is 17.8 Å². The Morgan fingerprint density at radius 3 is 2.47 bits per heavy atom. The van der Waals surface area contributed by atoms with E-state index in [0.29, 0.717) is 26.2 Å². The SMILES string of the molecule is Nc1[nH]c(=O)c(C(=O)O)c(-c2ccccc2OCCCN2CCOCC2)c1C(=O)O. The topological polar surface area (TPSA) is 155 Å². The molecule has 0 unspecified atom stereocenters. The second-order valence-corrected chi connectivity index (χ2v) is 6.76. The molecule has 0 atom stereocenters. The summed E-state index contributed by atoms with van der Waals surface area (Å²) in [6.07, 6.45) is 0.712. The number of ether oxygens (including phenoxy) is 2. The predicted octanol–water partition coefficient (Wildman–Crippen LogP) is 1.12. The minimum atomic E-state index is -1.56. The van der Waals surface area contributed by atoms with Gasteiger partial charge in [-0.1, -0.05) is 18.2 Å². The molecule has 0 spiro atoms. The van der Waals surface area contributed by atoms with Crippen LogP contribution in [0.25, 0.3) is 11.1 Å². The van der Waals surface area contributed by atoms with Crippen molar-refractivity contribution in [2.75, 3.05) is 45.2 Å². The molecule has 1 aromatic carbocycles. The number of nitrogens with two attached hydrogens (primary N) is 1. The van der Waals surface area contributed by atoms with Gasteiger partial charge in [-0.15, -0.1) is 0 Å². The summed E-state index contributed by atoms with van der Waals surface area (Å²) in [5, 5.41) is 19.1. The van der Waals surface area contributed by atoms with Gasteiger partial charge in [0.1, 0.15) is 22.7 Å². The largest absolute Gasteiger partial charge is 0.493 e. The number of H-pyrrole nitrogens is 1. The average Bonchev–Trinajstić information content (AvgIpc) is 2.71. The maximum Gasteiger partial charge on any atom is 0.342 e. The predicted molar refractivity (Wildman–Crippen MR) is 108 cm³/mol. The number of morpholine rings is 1. The van der Waals surface area contributed by atoms with Gasteiger partial charge in [0.05, 0.1) is 19.8 Å². The number of nitrogen functional groups attached to an aromatic ring is 1. The Bertz CT molecular complexity index is 996. The van der Waals surface area contributed by atoms with Crippen LogP contribution in [0.3, 0.4) is 0 Å². The summed E-state index contributed by atoms with van der Waals surface area (Å²) < 4.78 is 11.1. The van der Waals surface area contributed by atoms with Gasteiger partial charge in [0.25, 0.3) is 5.56 Å². The normalized spacial score (nSPS) is 14.4. The molecule has 160 valence electrons. The van der Waals surface area contributed by atoms with Gasteiger partial charge >= 0.3 is 11.9 Å². The second-order valence-electron chi connectivity index (χ2n) is 6.76. The van der Waals surface area contributed by atoms with E-state index in [1.165, 1.54) is 6.07 Å². The summed E-state index contributed by atoms with van der Waals surface area (Å²) in [6.45, 7) is 4.24. The zero-order valence-electron chi connectivity index (χ0n) is 16.2. The molecular formula is C20H23N3O7. The van der Waals surface area contributed by atoms with Gasteiger partial charge in [-0.3, -0.25) is 9.69 Å². The van der Waals surface area contributed by atoms with Gasteiger partial charge in [-0.05, 0) is 12.5 Å². The first kappa shape index (κ1) is 21.3. The molecule has 1 aliphatic heterocycles. The molecule has 5 N–H and O–H groups in total. The van der Waals surface area contributed by atoms with Crippen LogP contribution in [0.4, 0.5) is 5.82 Å². The van der Waals surface area contributed by atoms with Crippen molar-refractivity contribution in [3.63, 3.8) is 0 Å². The Hall–Kier alpha value is -3.37. The van der Waals surface area contributed by atoms with Crippen molar-refractivity contribution in [1.29, 1.82) is 0 Å². The lowest BCUT2D eigenvalue weighted by atomic mass is 9.94. The number of nitrogens with zero attached hydrogens (tertiary/aromatic N) is 1. The van der Waals surface area contributed by atoms with Crippen LogP contribution < -0.4 is 16.0 Å². The molecule has 1 saturated heterocycles. The molecule has 1 aromatic heterocycles. The molecule has 2 heterocycles. The lowest BCUT2D eigenvalue weighted by Gasteiger charge is -2.26. The molecule has 0 radical (unpaired) electrons. The lowest BCUT2D eigenvalue weighted by Crippen LogP contribution is -2.37. The fraction of sp³-hybridized carbons (Fsp3) is 0.350. The average molecular weight is 417 g/mol. The summed E-state index contributed by atoms with van der Waals surface area (Å²) in [4.78, 5) is 40.1. The number of carboxylic acids is 2. The van der Waals surface area contributed by atoms with Crippen LogP contribution in [0, 0.1) is 0 Å². The van der Waals surface area contributed by atoms with E-state index in [-0.39, 0.29) is 16.9 Å². The van der Waals surface area contributed by atoms with Gasteiger partial charge in [-0.25, -0.2) is 9.59 Å². The van der Waals surface area contributed by atoms with Crippen LogP contribution in [0.5, 0.6) is 5.75 Å². The molecule has 0 aliphatic carbocycles. The molecule has 1 fully saturated rings. The van der Waals surface area contributed by atoms with Crippen molar-refractivity contribution in [1.82, 2.24) is 9.88 Å². The zero-order valence-corrected chi connectivity index (χ0v) is 16.2. The van der Waals surface area contributed by atoms with Gasteiger partial charge < -0.3 is 30.4 Å². The van der Waals surface area contributed by atoms with Crippen molar-refractivity contribution < 1.29 is 29.3 Å². The summed E-state index contributed by atoms with van der Waals surface area (Å²) >= 11 is 0. The van der Waals surface area contributed by atoms with Crippen LogP contribution in [-0.2, 0) is 4.74 Å². The fourth-order valence-corrected chi connectivity index (χ4v) is 3.41. The van der Waals surface area contributed by atoms with Crippen LogP contribution in [0.1, 0.15) is 27.1 Å². The number of benzene rings is 1. The number of aromatic nitrogens is 1. The molecular weight excluding hydrogens is 394 g/mol. The third-order valence-electron chi connectivity index (χ3n) is 4.81. The molecule has 10 heteroatoms. The van der Waals surface area contributed by atoms with Crippen LogP contribution in [-0.4, -0.2) is 71.5 Å². The number of rotatable bonds is 8. The van der Waals surface area contributed by atoms with Crippen molar-refractivity contribution in [3.05, 3.63) is 45.7 Å². The van der Waals surface area contributed by atoms with Crippen molar-refractivity contribution in [2.24, 2.45) is 0 Å². The van der Waals surface area contributed by atoms with Gasteiger partial charge in [-0.2, -0.15) is 0 Å². The summed E-state index contributed by atoms with van der Waals surface area (Å²) in [7, 11) is 0. The van der Waals surface area contributed by atoms with E-state index in [4.69, 9.17) is 15.2 Å². The molecule has 0 bridgehead atoms. The summed E-state index contributed by atoms with van der Waals surface area (Å²) in [6, 6.07) is 6.38. The van der Waals surface area contributed by atoms with E-state index >= 15 is 0 Å². The number of hydrogen-bond acceptors (Lipinski definition) is 7. The first-order valence-corrected chi connectivity index (χ1v) is 9.44. The maximum atomic E-state index is 12.2. The molecule has 10 nitrogen and oxygen atoms in total. The van der Waals surface area contributed by atoms with Crippen LogP contribution in [0.15, 0.2) is 29.1 Å². The number of hydrogen-bond donors (Lipinski definition) is 4. The second kappa shape index (κ2) is 9.42. The Kier molecular flexibility index (Phi) is 6.70. The number of anilines is 1. The monoisotopic (exact) mass is 417 g/mol. The highest BCUT2D eigenvalue weighted by Gasteiger charge is 2.28. The van der Waals surface area contributed by atoms with E-state index < -0.39 is 34.4 Å². The minimum absolute atomic E-state index is 0.177. The zero-order chi connectivity index (χ0) is 21.7. The number of carbonyl (C=O) groups is 2. The Morgan fingerprint density at radius 1 is 1.13 bits per heavy atom. The first-order valence-electron chi connectivity index (χ1n) is 9.44. The van der Waals surface area contributed by atoms with Crippen LogP contribution >= 0.6 is 0 Å². The molecule has 1 aliphatic rings. The third kappa shape index (κ3) is 4.61. The third-order valence-corrected chi connectivity index (χ3v) is 4.81. The lowest BCUT2D eigenvalue weighted by molar-refractivity contribution is 0.0358. The van der Waals surface area contributed by atoms with E-state index in [1.54, 1.807) is 18.2 Å². The molecule has 3 rings (SSSR count). The highest BCUT2D eigenvalue weighted by Crippen LogP contribution is 2.35. The van der Waals surface area contributed by atoms with E-state index in [0.717, 1.165) is 19.6 Å². The highest BCUT2D eigenvalue weighted by molar-refractivity contribution is 6.08. The Morgan fingerprint density at radius 2 is 1.80 bits per heavy atom. The Labute approximate surface area is 171 Å². The first-order chi connectivity index (χ1) is 14.4. The van der Waals surface area contributed by atoms with E-state index in [9.17, 15) is 24.6 Å².